The number of hydrogen-bond donors (Lipinski definition) is 0. The van der Waals surface area contributed by atoms with Crippen LogP contribution in [0.2, 0.25) is 13.1 Å². The predicted molar refractivity (Wildman–Crippen MR) is 119 cm³/mol. The van der Waals surface area contributed by atoms with E-state index in [0.717, 1.165) is 17.0 Å². The summed E-state index contributed by atoms with van der Waals surface area (Å²) >= 11 is 0. The lowest BCUT2D eigenvalue weighted by atomic mass is 10.1. The van der Waals surface area contributed by atoms with Crippen LogP contribution in [0.3, 0.4) is 0 Å². The van der Waals surface area contributed by atoms with Crippen LogP contribution in [0.25, 0.3) is 38.9 Å². The minimum atomic E-state index is -1.82. The first-order valence-electron chi connectivity index (χ1n) is 9.62. The molecule has 3 aromatic carbocycles. The molecule has 4 heteroatoms. The lowest BCUT2D eigenvalue weighted by molar-refractivity contribution is 1.00. The molecule has 6 rings (SSSR count). The molecule has 0 unspecified atom stereocenters. The van der Waals surface area contributed by atoms with Gasteiger partial charge in [0.1, 0.15) is 8.07 Å². The third-order valence-electron chi connectivity index (χ3n) is 6.04. The molecule has 1 aliphatic rings. The molecule has 0 spiro atoms. The van der Waals surface area contributed by atoms with Gasteiger partial charge in [0.05, 0.1) is 11.0 Å². The minimum absolute atomic E-state index is 0.768. The minimum Gasteiger partial charge on any atom is -0.278 e. The van der Waals surface area contributed by atoms with Crippen molar-refractivity contribution in [2.45, 2.75) is 13.1 Å². The fourth-order valence-electron chi connectivity index (χ4n) is 4.68. The summed E-state index contributed by atoms with van der Waals surface area (Å²) < 4.78 is 2.21. The zero-order valence-corrected chi connectivity index (χ0v) is 16.8. The highest BCUT2D eigenvalue weighted by atomic mass is 28.3. The normalized spacial score (nSPS) is 14.4. The maximum atomic E-state index is 5.18. The summed E-state index contributed by atoms with van der Waals surface area (Å²) in [5, 5.41) is 5.17. The SMILES string of the molecule is C[Si]1(C)c2ccccc2-c2cnc(-n3c4ccccc4c4ccccc43)nc21. The average Bonchev–Trinajstić information content (AvgIpc) is 3.18. The van der Waals surface area contributed by atoms with Crippen molar-refractivity contribution in [1.82, 2.24) is 14.5 Å². The molecule has 0 radical (unpaired) electrons. The van der Waals surface area contributed by atoms with Gasteiger partial charge in [0.25, 0.3) is 0 Å². The summed E-state index contributed by atoms with van der Waals surface area (Å²) in [7, 11) is -1.82. The highest BCUT2D eigenvalue weighted by molar-refractivity contribution is 7.03. The van der Waals surface area contributed by atoms with E-state index in [4.69, 9.17) is 9.97 Å². The van der Waals surface area contributed by atoms with Gasteiger partial charge in [-0.15, -0.1) is 0 Å². The molecule has 0 fully saturated rings. The molecule has 0 amide bonds. The first kappa shape index (κ1) is 15.8. The van der Waals surface area contributed by atoms with Crippen LogP contribution in [0.5, 0.6) is 0 Å². The molecule has 2 aromatic heterocycles. The number of fused-ring (bicyclic) bond motifs is 6. The number of para-hydroxylation sites is 2. The van der Waals surface area contributed by atoms with E-state index in [2.05, 4.69) is 90.5 Å². The third kappa shape index (κ3) is 1.93. The van der Waals surface area contributed by atoms with Gasteiger partial charge in [-0.25, -0.2) is 9.97 Å². The Morgan fingerprint density at radius 3 is 2.04 bits per heavy atom. The van der Waals surface area contributed by atoms with Gasteiger partial charge in [-0.05, 0) is 22.9 Å². The van der Waals surface area contributed by atoms with Gasteiger partial charge in [0.15, 0.2) is 0 Å². The van der Waals surface area contributed by atoms with E-state index >= 15 is 0 Å². The molecule has 134 valence electrons. The zero-order valence-electron chi connectivity index (χ0n) is 15.8. The van der Waals surface area contributed by atoms with Gasteiger partial charge >= 0.3 is 0 Å². The van der Waals surface area contributed by atoms with Crippen LogP contribution in [0.4, 0.5) is 0 Å². The van der Waals surface area contributed by atoms with E-state index in [0.29, 0.717) is 0 Å². The summed E-state index contributed by atoms with van der Waals surface area (Å²) in [6.07, 6.45) is 2.03. The first-order chi connectivity index (χ1) is 13.7. The Morgan fingerprint density at radius 1 is 0.714 bits per heavy atom. The highest BCUT2D eigenvalue weighted by Crippen LogP contribution is 2.32. The zero-order chi connectivity index (χ0) is 18.9. The van der Waals surface area contributed by atoms with Crippen molar-refractivity contribution in [3.05, 3.63) is 79.0 Å². The Hall–Kier alpha value is -3.24. The molecule has 0 bridgehead atoms. The number of aromatic nitrogens is 3. The van der Waals surface area contributed by atoms with Gasteiger partial charge in [-0.1, -0.05) is 73.8 Å². The summed E-state index contributed by atoms with van der Waals surface area (Å²) in [6, 6.07) is 25.7. The van der Waals surface area contributed by atoms with Gasteiger partial charge in [0.2, 0.25) is 5.95 Å². The number of nitrogens with zero attached hydrogens (tertiary/aromatic N) is 3. The Bertz CT molecular complexity index is 1340. The number of hydrogen-bond acceptors (Lipinski definition) is 2. The van der Waals surface area contributed by atoms with Crippen molar-refractivity contribution in [2.75, 3.05) is 0 Å². The second kappa shape index (κ2) is 5.39. The van der Waals surface area contributed by atoms with Gasteiger partial charge in [-0.2, -0.15) is 0 Å². The van der Waals surface area contributed by atoms with Crippen LogP contribution in [0.1, 0.15) is 0 Å². The maximum Gasteiger partial charge on any atom is 0.234 e. The van der Waals surface area contributed by atoms with E-state index in [9.17, 15) is 0 Å². The van der Waals surface area contributed by atoms with Crippen molar-refractivity contribution in [3.8, 4) is 17.1 Å². The van der Waals surface area contributed by atoms with Crippen LogP contribution in [0.15, 0.2) is 79.0 Å². The summed E-state index contributed by atoms with van der Waals surface area (Å²) in [4.78, 5) is 10.0. The standard InChI is InChI=1S/C24H19N3Si/c1-28(2)22-14-8-5-11-18(22)19-15-25-24(26-23(19)28)27-20-12-6-3-9-16(20)17-10-4-7-13-21(17)27/h3-15H,1-2H3. The Morgan fingerprint density at radius 2 is 1.32 bits per heavy atom. The topological polar surface area (TPSA) is 30.7 Å². The second-order valence-corrected chi connectivity index (χ2v) is 12.2. The second-order valence-electron chi connectivity index (χ2n) is 7.97. The van der Waals surface area contributed by atoms with Crippen molar-refractivity contribution in [2.24, 2.45) is 0 Å². The van der Waals surface area contributed by atoms with Crippen LogP contribution in [0, 0.1) is 0 Å². The molecular weight excluding hydrogens is 358 g/mol. The Labute approximate surface area is 164 Å². The molecule has 0 saturated carbocycles. The smallest absolute Gasteiger partial charge is 0.234 e. The molecule has 0 saturated heterocycles. The van der Waals surface area contributed by atoms with Crippen LogP contribution >= 0.6 is 0 Å². The fraction of sp³-hybridized carbons (Fsp3) is 0.0833. The molecule has 3 nitrogen and oxygen atoms in total. The maximum absolute atomic E-state index is 5.18. The lowest BCUT2D eigenvalue weighted by Gasteiger charge is -2.18. The van der Waals surface area contributed by atoms with Gasteiger partial charge in [-0.3, -0.25) is 4.57 Å². The van der Waals surface area contributed by atoms with E-state index in [-0.39, 0.29) is 0 Å². The third-order valence-corrected chi connectivity index (χ3v) is 9.39. The van der Waals surface area contributed by atoms with Gasteiger partial charge in [0, 0.05) is 27.8 Å². The quantitative estimate of drug-likeness (QED) is 0.406. The summed E-state index contributed by atoms with van der Waals surface area (Å²) in [5.74, 6) is 0.768. The number of rotatable bonds is 1. The molecule has 0 aliphatic carbocycles. The molecule has 5 aromatic rings. The predicted octanol–water partition coefficient (Wildman–Crippen LogP) is 4.38. The molecule has 0 N–H and O–H groups in total. The van der Waals surface area contributed by atoms with E-state index in [1.807, 2.05) is 6.20 Å². The lowest BCUT2D eigenvalue weighted by Crippen LogP contribution is -2.51. The van der Waals surface area contributed by atoms with E-state index < -0.39 is 8.07 Å². The molecule has 28 heavy (non-hydrogen) atoms. The Kier molecular flexibility index (Phi) is 3.04. The van der Waals surface area contributed by atoms with Crippen LogP contribution < -0.4 is 10.5 Å². The molecular formula is C24H19N3Si. The number of benzene rings is 3. The first-order valence-corrected chi connectivity index (χ1v) is 12.6. The molecule has 3 heterocycles. The monoisotopic (exact) mass is 377 g/mol. The van der Waals surface area contributed by atoms with Crippen LogP contribution in [-0.4, -0.2) is 22.6 Å². The van der Waals surface area contributed by atoms with Crippen molar-refractivity contribution in [1.29, 1.82) is 0 Å². The van der Waals surface area contributed by atoms with E-state index in [1.54, 1.807) is 0 Å². The largest absolute Gasteiger partial charge is 0.278 e. The van der Waals surface area contributed by atoms with Crippen molar-refractivity contribution >= 4 is 40.4 Å². The fourth-order valence-corrected chi connectivity index (χ4v) is 7.59. The van der Waals surface area contributed by atoms with Crippen molar-refractivity contribution in [3.63, 3.8) is 0 Å². The van der Waals surface area contributed by atoms with Crippen LogP contribution in [-0.2, 0) is 0 Å². The van der Waals surface area contributed by atoms with Gasteiger partial charge < -0.3 is 0 Å². The average molecular weight is 378 g/mol. The molecule has 1 aliphatic heterocycles. The Balaban J connectivity index is 1.68. The highest BCUT2D eigenvalue weighted by Gasteiger charge is 2.39. The summed E-state index contributed by atoms with van der Waals surface area (Å²) in [6.45, 7) is 4.78. The summed E-state index contributed by atoms with van der Waals surface area (Å²) in [5.41, 5.74) is 4.82. The molecule has 0 atom stereocenters. The van der Waals surface area contributed by atoms with E-state index in [1.165, 1.54) is 32.4 Å². The van der Waals surface area contributed by atoms with Crippen molar-refractivity contribution < 1.29 is 0 Å².